The molecule has 0 fully saturated rings. The zero-order valence-electron chi connectivity index (χ0n) is 13.3. The molecule has 1 aromatic carbocycles. The molecule has 0 aliphatic rings. The van der Waals surface area contributed by atoms with Crippen LogP contribution < -0.4 is 16.3 Å². The van der Waals surface area contributed by atoms with Gasteiger partial charge in [-0.25, -0.2) is 4.79 Å². The van der Waals surface area contributed by atoms with E-state index in [0.717, 1.165) is 24.0 Å². The summed E-state index contributed by atoms with van der Waals surface area (Å²) >= 11 is 0. The summed E-state index contributed by atoms with van der Waals surface area (Å²) in [5.41, 5.74) is 1.79. The van der Waals surface area contributed by atoms with E-state index in [9.17, 15) is 9.59 Å². The number of aromatic nitrogens is 2. The van der Waals surface area contributed by atoms with Gasteiger partial charge in [0.1, 0.15) is 0 Å². The molecule has 0 saturated carbocycles. The summed E-state index contributed by atoms with van der Waals surface area (Å²) in [5, 5.41) is 5.80. The summed E-state index contributed by atoms with van der Waals surface area (Å²) in [4.78, 5) is 24.3. The summed E-state index contributed by atoms with van der Waals surface area (Å²) in [6.45, 7) is 4.49. The summed E-state index contributed by atoms with van der Waals surface area (Å²) in [6, 6.07) is 7.74. The molecule has 0 saturated heterocycles. The van der Waals surface area contributed by atoms with Crippen LogP contribution in [0.5, 0.6) is 0 Å². The Labute approximate surface area is 130 Å². The number of rotatable bonds is 8. The molecular formula is C16H24N4O2. The van der Waals surface area contributed by atoms with Gasteiger partial charge >= 0.3 is 5.69 Å². The fourth-order valence-electron chi connectivity index (χ4n) is 2.56. The Morgan fingerprint density at radius 1 is 1.09 bits per heavy atom. The summed E-state index contributed by atoms with van der Waals surface area (Å²) in [6.07, 6.45) is 1.21. The molecule has 6 nitrogen and oxygen atoms in total. The van der Waals surface area contributed by atoms with Crippen molar-refractivity contribution in [2.75, 3.05) is 20.1 Å². The monoisotopic (exact) mass is 304 g/mol. The molecular weight excluding hydrogens is 280 g/mol. The maximum Gasteiger partial charge on any atom is 0.329 e. The molecule has 0 aliphatic carbocycles. The number of hydrogen-bond donors (Lipinski definition) is 2. The van der Waals surface area contributed by atoms with Crippen LogP contribution in [0.25, 0.3) is 11.0 Å². The van der Waals surface area contributed by atoms with Crippen molar-refractivity contribution >= 4 is 16.9 Å². The van der Waals surface area contributed by atoms with Crippen LogP contribution in [0.4, 0.5) is 0 Å². The van der Waals surface area contributed by atoms with Gasteiger partial charge in [0.15, 0.2) is 0 Å². The average molecular weight is 304 g/mol. The van der Waals surface area contributed by atoms with Gasteiger partial charge in [-0.3, -0.25) is 13.9 Å². The van der Waals surface area contributed by atoms with Crippen molar-refractivity contribution in [3.8, 4) is 0 Å². The highest BCUT2D eigenvalue weighted by Gasteiger charge is 2.12. The van der Waals surface area contributed by atoms with E-state index in [4.69, 9.17) is 0 Å². The SMILES string of the molecule is CCCn1c(=O)n(CCC(=O)NCCNC)c2ccccc21. The number of nitrogens with zero attached hydrogens (tertiary/aromatic N) is 2. The van der Waals surface area contributed by atoms with Crippen molar-refractivity contribution in [2.45, 2.75) is 32.9 Å². The molecule has 0 spiro atoms. The van der Waals surface area contributed by atoms with E-state index in [1.54, 1.807) is 9.13 Å². The second-order valence-electron chi connectivity index (χ2n) is 5.28. The second kappa shape index (κ2) is 7.79. The first kappa shape index (κ1) is 16.3. The predicted molar refractivity (Wildman–Crippen MR) is 88.0 cm³/mol. The third-order valence-electron chi connectivity index (χ3n) is 3.63. The highest BCUT2D eigenvalue weighted by molar-refractivity contribution is 5.78. The maximum absolute atomic E-state index is 12.5. The molecule has 1 amide bonds. The number of hydrogen-bond acceptors (Lipinski definition) is 3. The van der Waals surface area contributed by atoms with Gasteiger partial charge in [0.25, 0.3) is 0 Å². The zero-order valence-corrected chi connectivity index (χ0v) is 13.3. The van der Waals surface area contributed by atoms with Crippen LogP contribution in [0.2, 0.25) is 0 Å². The largest absolute Gasteiger partial charge is 0.355 e. The number of aryl methyl sites for hydroxylation is 2. The lowest BCUT2D eigenvalue weighted by atomic mass is 10.3. The third-order valence-corrected chi connectivity index (χ3v) is 3.63. The lowest BCUT2D eigenvalue weighted by Crippen LogP contribution is -2.32. The van der Waals surface area contributed by atoms with Gasteiger partial charge in [-0.05, 0) is 25.6 Å². The Hall–Kier alpha value is -2.08. The molecule has 1 heterocycles. The quantitative estimate of drug-likeness (QED) is 0.713. The number of benzene rings is 1. The minimum Gasteiger partial charge on any atom is -0.355 e. The number of nitrogens with one attached hydrogen (secondary N) is 2. The smallest absolute Gasteiger partial charge is 0.329 e. The van der Waals surface area contributed by atoms with Crippen molar-refractivity contribution < 1.29 is 4.79 Å². The Kier molecular flexibility index (Phi) is 5.77. The molecule has 2 N–H and O–H groups in total. The first-order valence-electron chi connectivity index (χ1n) is 7.78. The molecule has 0 aliphatic heterocycles. The van der Waals surface area contributed by atoms with Crippen molar-refractivity contribution in [1.29, 1.82) is 0 Å². The fraction of sp³-hybridized carbons (Fsp3) is 0.500. The second-order valence-corrected chi connectivity index (χ2v) is 5.28. The Balaban J connectivity index is 2.16. The number of likely N-dealkylation sites (N-methyl/N-ethyl adjacent to an activating group) is 1. The Morgan fingerprint density at radius 3 is 2.32 bits per heavy atom. The van der Waals surface area contributed by atoms with Crippen molar-refractivity contribution in [2.24, 2.45) is 0 Å². The molecule has 0 bridgehead atoms. The van der Waals surface area contributed by atoms with Crippen LogP contribution in [-0.4, -0.2) is 35.2 Å². The standard InChI is InChI=1S/C16H24N4O2/c1-3-11-19-13-6-4-5-7-14(13)20(16(19)22)12-8-15(21)18-10-9-17-2/h4-7,17H,3,8-12H2,1-2H3,(H,18,21). The molecule has 0 radical (unpaired) electrons. The molecule has 0 atom stereocenters. The van der Waals surface area contributed by atoms with Crippen LogP contribution in [0.1, 0.15) is 19.8 Å². The van der Waals surface area contributed by atoms with Gasteiger partial charge in [0.05, 0.1) is 11.0 Å². The number of imidazole rings is 1. The van der Waals surface area contributed by atoms with Crippen LogP contribution >= 0.6 is 0 Å². The van der Waals surface area contributed by atoms with Gasteiger partial charge in [-0.1, -0.05) is 19.1 Å². The molecule has 2 rings (SSSR count). The number of carbonyl (C=O) groups is 1. The number of para-hydroxylation sites is 2. The van der Waals surface area contributed by atoms with Gasteiger partial charge in [-0.2, -0.15) is 0 Å². The van der Waals surface area contributed by atoms with Crippen LogP contribution in [-0.2, 0) is 17.9 Å². The van der Waals surface area contributed by atoms with Gasteiger partial charge < -0.3 is 10.6 Å². The molecule has 6 heteroatoms. The van der Waals surface area contributed by atoms with E-state index in [1.807, 2.05) is 38.2 Å². The van der Waals surface area contributed by atoms with E-state index in [1.165, 1.54) is 0 Å². The van der Waals surface area contributed by atoms with Crippen LogP contribution in [0.3, 0.4) is 0 Å². The zero-order chi connectivity index (χ0) is 15.9. The highest BCUT2D eigenvalue weighted by atomic mass is 16.2. The third kappa shape index (κ3) is 3.57. The van der Waals surface area contributed by atoms with E-state index in [-0.39, 0.29) is 11.6 Å². The predicted octanol–water partition coefficient (Wildman–Crippen LogP) is 0.939. The number of amides is 1. The minimum atomic E-state index is -0.0360. The molecule has 2 aromatic rings. The van der Waals surface area contributed by atoms with E-state index in [0.29, 0.717) is 26.1 Å². The molecule has 1 aromatic heterocycles. The van der Waals surface area contributed by atoms with E-state index < -0.39 is 0 Å². The van der Waals surface area contributed by atoms with E-state index >= 15 is 0 Å². The first-order chi connectivity index (χ1) is 10.7. The van der Waals surface area contributed by atoms with Gasteiger partial charge in [-0.15, -0.1) is 0 Å². The number of fused-ring (bicyclic) bond motifs is 1. The molecule has 0 unspecified atom stereocenters. The van der Waals surface area contributed by atoms with Crippen molar-refractivity contribution in [1.82, 2.24) is 19.8 Å². The van der Waals surface area contributed by atoms with Crippen LogP contribution in [0.15, 0.2) is 29.1 Å². The summed E-state index contributed by atoms with van der Waals surface area (Å²) < 4.78 is 3.48. The minimum absolute atomic E-state index is 0.0329. The lowest BCUT2D eigenvalue weighted by molar-refractivity contribution is -0.121. The van der Waals surface area contributed by atoms with Gasteiger partial charge in [0.2, 0.25) is 5.91 Å². The highest BCUT2D eigenvalue weighted by Crippen LogP contribution is 2.13. The lowest BCUT2D eigenvalue weighted by Gasteiger charge is -2.05. The number of carbonyl (C=O) groups excluding carboxylic acids is 1. The Bertz CT molecular complexity index is 687. The Morgan fingerprint density at radius 2 is 1.73 bits per heavy atom. The average Bonchev–Trinajstić information content (AvgIpc) is 2.79. The molecule has 120 valence electrons. The maximum atomic E-state index is 12.5. The normalized spacial score (nSPS) is 11.0. The van der Waals surface area contributed by atoms with Crippen molar-refractivity contribution in [3.05, 3.63) is 34.7 Å². The van der Waals surface area contributed by atoms with Crippen molar-refractivity contribution in [3.63, 3.8) is 0 Å². The fourth-order valence-corrected chi connectivity index (χ4v) is 2.56. The topological polar surface area (TPSA) is 68.1 Å². The summed E-state index contributed by atoms with van der Waals surface area (Å²) in [5.74, 6) is -0.0329. The van der Waals surface area contributed by atoms with E-state index in [2.05, 4.69) is 10.6 Å². The van der Waals surface area contributed by atoms with Crippen LogP contribution in [0, 0.1) is 0 Å². The summed E-state index contributed by atoms with van der Waals surface area (Å²) in [7, 11) is 1.84. The first-order valence-corrected chi connectivity index (χ1v) is 7.78. The molecule has 22 heavy (non-hydrogen) atoms. The van der Waals surface area contributed by atoms with Gasteiger partial charge in [0, 0.05) is 32.6 Å².